The van der Waals surface area contributed by atoms with Crippen molar-refractivity contribution in [2.75, 3.05) is 0 Å². The first kappa shape index (κ1) is 12.3. The van der Waals surface area contributed by atoms with Crippen molar-refractivity contribution in [1.29, 1.82) is 0 Å². The van der Waals surface area contributed by atoms with Crippen LogP contribution in [-0.2, 0) is 4.79 Å². The Balaban J connectivity index is 3.50. The van der Waals surface area contributed by atoms with Gasteiger partial charge in [0, 0.05) is 0 Å². The Morgan fingerprint density at radius 1 is 1.23 bits per heavy atom. The van der Waals surface area contributed by atoms with Crippen LogP contribution in [-0.4, -0.2) is 39.7 Å². The van der Waals surface area contributed by atoms with Crippen LogP contribution in [0.2, 0.25) is 0 Å². The molecule has 0 unspecified atom stereocenters. The summed E-state index contributed by atoms with van der Waals surface area (Å²) in [4.78, 5) is 10.3. The molecule has 0 aromatic rings. The maximum atomic E-state index is 10.3. The quantitative estimate of drug-likeness (QED) is 0.316. The lowest BCUT2D eigenvalue weighted by atomic mass is 10.1. The Kier molecular flexibility index (Phi) is 5.56. The highest BCUT2D eigenvalue weighted by Gasteiger charge is 2.14. The molecule has 0 aliphatic rings. The third kappa shape index (κ3) is 5.53. The first-order valence-electron chi connectivity index (χ1n) is 4.05. The molecule has 78 valence electrons. The normalized spacial score (nSPS) is 15.8. The lowest BCUT2D eigenvalue weighted by Gasteiger charge is -2.13. The molecule has 0 rings (SSSR count). The van der Waals surface area contributed by atoms with Crippen molar-refractivity contribution in [2.45, 2.75) is 37.6 Å². The zero-order valence-corrected chi connectivity index (χ0v) is 7.26. The van der Waals surface area contributed by atoms with E-state index in [1.165, 1.54) is 0 Å². The molecule has 0 aliphatic carbocycles. The fourth-order valence-corrected chi connectivity index (χ4v) is 0.846. The Morgan fingerprint density at radius 2 is 1.77 bits per heavy atom. The summed E-state index contributed by atoms with van der Waals surface area (Å²) in [5, 5.41) is 25.6. The second kappa shape index (κ2) is 5.87. The van der Waals surface area contributed by atoms with Crippen molar-refractivity contribution in [3.63, 3.8) is 0 Å². The van der Waals surface area contributed by atoms with Gasteiger partial charge in [-0.15, -0.1) is 0 Å². The first-order valence-corrected chi connectivity index (χ1v) is 4.05. The number of hydrogen-bond donors (Lipinski definition) is 5. The fraction of sp³-hybridized carbons (Fsp3) is 0.857. The molecule has 13 heavy (non-hydrogen) atoms. The molecule has 0 aromatic heterocycles. The molecule has 0 saturated carbocycles. The van der Waals surface area contributed by atoms with E-state index < -0.39 is 24.3 Å². The molecular formula is C7H16N2O4. The number of carboxylic acid groups (broad SMARTS) is 1. The van der Waals surface area contributed by atoms with E-state index in [0.29, 0.717) is 12.8 Å². The maximum Gasteiger partial charge on any atom is 0.320 e. The number of aliphatic hydroxyl groups excluding tert-OH is 1. The average Bonchev–Trinajstić information content (AvgIpc) is 2.03. The predicted octanol–water partition coefficient (Wildman–Crippen LogP) is -1.79. The number of aliphatic hydroxyl groups is 2. The van der Waals surface area contributed by atoms with Crippen LogP contribution < -0.4 is 11.5 Å². The van der Waals surface area contributed by atoms with Gasteiger partial charge in [0.15, 0.2) is 6.29 Å². The van der Waals surface area contributed by atoms with E-state index in [2.05, 4.69) is 0 Å². The Labute approximate surface area is 76.2 Å². The SMILES string of the molecule is N[C@H](CCC[C@H](N)C(O)O)C(=O)O. The molecule has 2 atom stereocenters. The van der Waals surface area contributed by atoms with Crippen LogP contribution in [0.3, 0.4) is 0 Å². The summed E-state index contributed by atoms with van der Waals surface area (Å²) in [6, 6.07) is -1.64. The van der Waals surface area contributed by atoms with Gasteiger partial charge in [-0.25, -0.2) is 0 Å². The van der Waals surface area contributed by atoms with Crippen molar-refractivity contribution < 1.29 is 20.1 Å². The molecule has 0 aromatic carbocycles. The van der Waals surface area contributed by atoms with Gasteiger partial charge in [-0.1, -0.05) is 0 Å². The second-order valence-electron chi connectivity index (χ2n) is 2.95. The largest absolute Gasteiger partial charge is 0.480 e. The van der Waals surface area contributed by atoms with Crippen LogP contribution in [0.25, 0.3) is 0 Å². The zero-order chi connectivity index (χ0) is 10.4. The molecule has 0 aliphatic heterocycles. The summed E-state index contributed by atoms with van der Waals surface area (Å²) in [5.74, 6) is -1.06. The lowest BCUT2D eigenvalue weighted by Crippen LogP contribution is -2.35. The minimum atomic E-state index is -1.55. The van der Waals surface area contributed by atoms with Gasteiger partial charge < -0.3 is 26.8 Å². The van der Waals surface area contributed by atoms with Gasteiger partial charge in [0.05, 0.1) is 6.04 Å². The number of aliphatic carboxylic acids is 1. The third-order valence-corrected chi connectivity index (χ3v) is 1.75. The van der Waals surface area contributed by atoms with Crippen LogP contribution in [0.4, 0.5) is 0 Å². The maximum absolute atomic E-state index is 10.3. The molecule has 0 heterocycles. The van der Waals surface area contributed by atoms with E-state index in [1.807, 2.05) is 0 Å². The van der Waals surface area contributed by atoms with Gasteiger partial charge in [-0.05, 0) is 19.3 Å². The van der Waals surface area contributed by atoms with Crippen LogP contribution in [0.1, 0.15) is 19.3 Å². The van der Waals surface area contributed by atoms with Crippen LogP contribution >= 0.6 is 0 Å². The van der Waals surface area contributed by atoms with Crippen LogP contribution in [0.15, 0.2) is 0 Å². The summed E-state index contributed by atoms with van der Waals surface area (Å²) in [5.41, 5.74) is 10.5. The zero-order valence-electron chi connectivity index (χ0n) is 7.26. The van der Waals surface area contributed by atoms with Crippen LogP contribution in [0.5, 0.6) is 0 Å². The standard InChI is InChI=1S/C7H16N2O4/c8-4(6(10)11)2-1-3-5(9)7(12)13/h4-6,10-11H,1-3,8-9H2,(H,12,13)/t4-,5+/m0/s1. The summed E-state index contributed by atoms with van der Waals surface area (Å²) >= 11 is 0. The summed E-state index contributed by atoms with van der Waals surface area (Å²) in [7, 11) is 0. The highest BCUT2D eigenvalue weighted by Crippen LogP contribution is 2.03. The average molecular weight is 192 g/mol. The van der Waals surface area contributed by atoms with Gasteiger partial charge in [-0.3, -0.25) is 4.79 Å². The Morgan fingerprint density at radius 3 is 2.15 bits per heavy atom. The molecule has 0 amide bonds. The summed E-state index contributed by atoms with van der Waals surface area (Å²) in [6.07, 6.45) is -0.457. The van der Waals surface area contributed by atoms with Crippen molar-refractivity contribution in [3.05, 3.63) is 0 Å². The highest BCUT2D eigenvalue weighted by molar-refractivity contribution is 5.72. The third-order valence-electron chi connectivity index (χ3n) is 1.75. The van der Waals surface area contributed by atoms with Gasteiger partial charge >= 0.3 is 5.97 Å². The molecule has 0 saturated heterocycles. The number of carbonyl (C=O) groups is 1. The fourth-order valence-electron chi connectivity index (χ4n) is 0.846. The second-order valence-corrected chi connectivity index (χ2v) is 2.95. The monoisotopic (exact) mass is 192 g/mol. The van der Waals surface area contributed by atoms with E-state index in [-0.39, 0.29) is 6.42 Å². The van der Waals surface area contributed by atoms with Crippen molar-refractivity contribution in [1.82, 2.24) is 0 Å². The van der Waals surface area contributed by atoms with Gasteiger partial charge in [0.25, 0.3) is 0 Å². The van der Waals surface area contributed by atoms with Crippen LogP contribution in [0, 0.1) is 0 Å². The van der Waals surface area contributed by atoms with Gasteiger partial charge in [0.1, 0.15) is 6.04 Å². The van der Waals surface area contributed by atoms with Gasteiger partial charge in [-0.2, -0.15) is 0 Å². The first-order chi connectivity index (χ1) is 5.95. The summed E-state index contributed by atoms with van der Waals surface area (Å²) in [6.45, 7) is 0. The molecule has 6 heteroatoms. The number of nitrogens with two attached hydrogens (primary N) is 2. The number of rotatable bonds is 6. The number of hydrogen-bond acceptors (Lipinski definition) is 5. The summed E-state index contributed by atoms with van der Waals surface area (Å²) < 4.78 is 0. The smallest absolute Gasteiger partial charge is 0.320 e. The van der Waals surface area contributed by atoms with Crippen molar-refractivity contribution >= 4 is 5.97 Å². The van der Waals surface area contributed by atoms with Crippen molar-refractivity contribution in [2.24, 2.45) is 11.5 Å². The Hall–Kier alpha value is -0.690. The van der Waals surface area contributed by atoms with E-state index in [9.17, 15) is 4.79 Å². The molecule has 0 bridgehead atoms. The predicted molar refractivity (Wildman–Crippen MR) is 45.7 cm³/mol. The van der Waals surface area contributed by atoms with E-state index in [1.54, 1.807) is 0 Å². The molecule has 0 radical (unpaired) electrons. The molecule has 0 spiro atoms. The molecule has 6 nitrogen and oxygen atoms in total. The lowest BCUT2D eigenvalue weighted by molar-refractivity contribution is -0.138. The minimum absolute atomic E-state index is 0.287. The topological polar surface area (TPSA) is 130 Å². The molecular weight excluding hydrogens is 176 g/mol. The molecule has 0 fully saturated rings. The minimum Gasteiger partial charge on any atom is -0.480 e. The van der Waals surface area contributed by atoms with E-state index in [0.717, 1.165) is 0 Å². The van der Waals surface area contributed by atoms with Gasteiger partial charge in [0.2, 0.25) is 0 Å². The van der Waals surface area contributed by atoms with E-state index >= 15 is 0 Å². The Bertz CT molecular complexity index is 163. The van der Waals surface area contributed by atoms with Crippen molar-refractivity contribution in [3.8, 4) is 0 Å². The molecule has 7 N–H and O–H groups in total. The number of carboxylic acids is 1. The van der Waals surface area contributed by atoms with E-state index in [4.69, 9.17) is 26.8 Å². The highest BCUT2D eigenvalue weighted by atomic mass is 16.5.